The minimum atomic E-state index is -0.835. The van der Waals surface area contributed by atoms with Crippen molar-refractivity contribution in [3.8, 4) is 0 Å². The van der Waals surface area contributed by atoms with Crippen LogP contribution in [0, 0.1) is 0 Å². The Labute approximate surface area is 297 Å². The van der Waals surface area contributed by atoms with Crippen molar-refractivity contribution >= 4 is 23.1 Å². The van der Waals surface area contributed by atoms with Crippen molar-refractivity contribution in [2.75, 3.05) is 38.1 Å². The van der Waals surface area contributed by atoms with Crippen molar-refractivity contribution in [2.45, 2.75) is 103 Å². The van der Waals surface area contributed by atoms with Gasteiger partial charge in [0.15, 0.2) is 0 Å². The predicted octanol–water partition coefficient (Wildman–Crippen LogP) is 3.01. The van der Waals surface area contributed by atoms with Gasteiger partial charge in [-0.05, 0) is 115 Å². The number of anilines is 1. The molecule has 0 spiro atoms. The number of halogens is 1. The molecule has 3 aliphatic heterocycles. The SMILES string of the molecule is CCN1c2cc3c(cc2C(C)CC1(C)C)C(c1ccccc1C(=O)N(C)CCCC(=O)O)=c1cc2c4c(c1C3(C)C)CCC[N+]=4CCC2.[Cl-]. The molecule has 7 heteroatoms. The van der Waals surface area contributed by atoms with Gasteiger partial charge in [0.25, 0.3) is 5.91 Å². The first-order chi connectivity index (χ1) is 22.8. The molecule has 1 unspecified atom stereocenters. The van der Waals surface area contributed by atoms with E-state index in [2.05, 4.69) is 81.3 Å². The third-order valence-electron chi connectivity index (χ3n) is 11.9. The van der Waals surface area contributed by atoms with Crippen LogP contribution >= 0.6 is 0 Å². The third kappa shape index (κ3) is 5.68. The van der Waals surface area contributed by atoms with E-state index in [0.717, 1.165) is 50.9 Å². The summed E-state index contributed by atoms with van der Waals surface area (Å²) in [6, 6.07) is 15.6. The number of rotatable bonds is 7. The smallest absolute Gasteiger partial charge is 0.303 e. The van der Waals surface area contributed by atoms with E-state index in [-0.39, 0.29) is 35.7 Å². The number of amides is 1. The van der Waals surface area contributed by atoms with Gasteiger partial charge in [0.05, 0.1) is 0 Å². The van der Waals surface area contributed by atoms with Crippen molar-refractivity contribution in [2.24, 2.45) is 0 Å². The number of fused-ring (bicyclic) bond motifs is 4. The second kappa shape index (κ2) is 12.9. The van der Waals surface area contributed by atoms with Crippen molar-refractivity contribution in [3.05, 3.63) is 97.5 Å². The van der Waals surface area contributed by atoms with Gasteiger partial charge in [-0.25, -0.2) is 4.58 Å². The van der Waals surface area contributed by atoms with Gasteiger partial charge in [-0.2, -0.15) is 0 Å². The quantitative estimate of drug-likeness (QED) is 0.390. The fourth-order valence-electron chi connectivity index (χ4n) is 9.85. The lowest BCUT2D eigenvalue weighted by Gasteiger charge is -2.48. The molecule has 1 atom stereocenters. The standard InChI is InChI=1S/C42H51N3O3.ClH/c1-8-45-35-24-34-32(23-31(35)26(2)25-41(45,3)4)37(28-15-9-10-16-29(28)40(48)43(7)19-13-18-36(46)47)33-22-27-14-11-20-44-21-12-17-30(39(27)44)38(33)42(34,5)6;/h9-10,15-16,22-24,26H,8,11-14,17-21,25H2,1-7H3;1H. The number of carbonyl (C=O) groups excluding carboxylic acids is 1. The zero-order valence-corrected chi connectivity index (χ0v) is 31.1. The molecule has 0 saturated carbocycles. The number of benzene rings is 3. The Morgan fingerprint density at radius 3 is 2.45 bits per heavy atom. The average molecular weight is 682 g/mol. The van der Waals surface area contributed by atoms with E-state index < -0.39 is 5.97 Å². The Hall–Kier alpha value is -3.64. The minimum Gasteiger partial charge on any atom is -1.00 e. The average Bonchev–Trinajstić information content (AvgIpc) is 3.04. The fraction of sp³-hybridized carbons (Fsp3) is 0.500. The molecule has 1 N–H and O–H groups in total. The molecule has 1 amide bonds. The maximum Gasteiger partial charge on any atom is 0.303 e. The van der Waals surface area contributed by atoms with E-state index in [1.807, 2.05) is 12.1 Å². The highest BCUT2D eigenvalue weighted by atomic mass is 35.5. The molecular formula is C42H52ClN3O3. The molecule has 7 rings (SSSR count). The van der Waals surface area contributed by atoms with E-state index in [4.69, 9.17) is 0 Å². The lowest BCUT2D eigenvalue weighted by Crippen LogP contribution is -3.00. The number of hydrogen-bond donors (Lipinski definition) is 1. The van der Waals surface area contributed by atoms with Crippen LogP contribution in [0.3, 0.4) is 0 Å². The molecule has 3 heterocycles. The predicted molar refractivity (Wildman–Crippen MR) is 194 cm³/mol. The van der Waals surface area contributed by atoms with Crippen molar-refractivity contribution < 1.29 is 27.1 Å². The third-order valence-corrected chi connectivity index (χ3v) is 11.9. The molecule has 3 aromatic rings. The van der Waals surface area contributed by atoms with Crippen molar-refractivity contribution in [3.63, 3.8) is 0 Å². The lowest BCUT2D eigenvalue weighted by molar-refractivity contribution is -0.137. The summed E-state index contributed by atoms with van der Waals surface area (Å²) in [5, 5.41) is 12.0. The molecule has 0 radical (unpaired) electrons. The number of nitrogens with zero attached hydrogens (tertiary/aromatic N) is 3. The maximum atomic E-state index is 14.2. The summed E-state index contributed by atoms with van der Waals surface area (Å²) in [7, 11) is 1.80. The molecule has 4 aliphatic rings. The van der Waals surface area contributed by atoms with Crippen LogP contribution in [0.2, 0.25) is 0 Å². The highest BCUT2D eigenvalue weighted by molar-refractivity contribution is 6.02. The number of carboxylic acid groups (broad SMARTS) is 1. The number of hydrogen-bond acceptors (Lipinski definition) is 3. The van der Waals surface area contributed by atoms with Crippen LogP contribution in [0.25, 0.3) is 5.57 Å². The highest BCUT2D eigenvalue weighted by Crippen LogP contribution is 2.50. The van der Waals surface area contributed by atoms with Crippen molar-refractivity contribution in [1.82, 2.24) is 9.48 Å². The van der Waals surface area contributed by atoms with E-state index in [1.165, 1.54) is 61.6 Å². The van der Waals surface area contributed by atoms with Crippen LogP contribution in [0.4, 0.5) is 5.69 Å². The summed E-state index contributed by atoms with van der Waals surface area (Å²) in [6.45, 7) is 17.9. The van der Waals surface area contributed by atoms with Crippen LogP contribution in [0.15, 0.2) is 42.5 Å². The monoisotopic (exact) mass is 681 g/mol. The number of aliphatic carboxylic acids is 1. The van der Waals surface area contributed by atoms with Gasteiger partial charge in [-0.15, -0.1) is 0 Å². The lowest BCUT2D eigenvalue weighted by atomic mass is 9.64. The Balaban J connectivity index is 0.00000417. The first-order valence-corrected chi connectivity index (χ1v) is 18.2. The zero-order chi connectivity index (χ0) is 34.1. The first kappa shape index (κ1) is 35.2. The van der Waals surface area contributed by atoms with E-state index in [1.54, 1.807) is 11.9 Å². The van der Waals surface area contributed by atoms with Gasteiger partial charge in [0.1, 0.15) is 13.1 Å². The molecule has 6 nitrogen and oxygen atoms in total. The largest absolute Gasteiger partial charge is 1.00 e. The molecule has 3 aromatic carbocycles. The molecule has 0 saturated heterocycles. The fourth-order valence-corrected chi connectivity index (χ4v) is 9.85. The van der Waals surface area contributed by atoms with E-state index in [0.29, 0.717) is 24.4 Å². The first-order valence-electron chi connectivity index (χ1n) is 18.2. The molecular weight excluding hydrogens is 630 g/mol. The van der Waals surface area contributed by atoms with Gasteiger partial charge < -0.3 is 27.3 Å². The van der Waals surface area contributed by atoms with Gasteiger partial charge in [0.2, 0.25) is 5.36 Å². The second-order valence-corrected chi connectivity index (χ2v) is 15.9. The molecule has 0 aromatic heterocycles. The Morgan fingerprint density at radius 1 is 1.02 bits per heavy atom. The van der Waals surface area contributed by atoms with E-state index >= 15 is 0 Å². The minimum absolute atomic E-state index is 0. The van der Waals surface area contributed by atoms with Gasteiger partial charge >= 0.3 is 5.97 Å². The molecule has 49 heavy (non-hydrogen) atoms. The summed E-state index contributed by atoms with van der Waals surface area (Å²) in [4.78, 5) is 29.8. The summed E-state index contributed by atoms with van der Waals surface area (Å²) in [6.07, 6.45) is 6.06. The summed E-state index contributed by atoms with van der Waals surface area (Å²) in [5.74, 6) is -0.491. The Kier molecular flexibility index (Phi) is 9.28. The zero-order valence-electron chi connectivity index (χ0n) is 30.4. The molecule has 260 valence electrons. The van der Waals surface area contributed by atoms with Crippen LogP contribution in [-0.4, -0.2) is 60.6 Å². The van der Waals surface area contributed by atoms with Crippen LogP contribution in [0.5, 0.6) is 0 Å². The van der Waals surface area contributed by atoms with E-state index in [9.17, 15) is 14.7 Å². The summed E-state index contributed by atoms with van der Waals surface area (Å²) < 4.78 is 2.64. The number of aryl methyl sites for hydroxylation is 1. The maximum absolute atomic E-state index is 14.2. The molecule has 0 bridgehead atoms. The number of carboxylic acids is 1. The van der Waals surface area contributed by atoms with Crippen LogP contribution < -0.4 is 32.5 Å². The molecule has 1 aliphatic carbocycles. The van der Waals surface area contributed by atoms with Gasteiger partial charge in [0, 0.05) is 72.7 Å². The summed E-state index contributed by atoms with van der Waals surface area (Å²) in [5.41, 5.74) is 12.4. The Morgan fingerprint density at radius 2 is 1.73 bits per heavy atom. The van der Waals surface area contributed by atoms with Crippen LogP contribution in [-0.2, 0) is 23.1 Å². The number of carbonyl (C=O) groups is 2. The van der Waals surface area contributed by atoms with Crippen LogP contribution in [0.1, 0.15) is 129 Å². The molecule has 0 fully saturated rings. The normalized spacial score (nSPS) is 19.6. The Bertz CT molecular complexity index is 1970. The topological polar surface area (TPSA) is 63.9 Å². The van der Waals surface area contributed by atoms with Gasteiger partial charge in [-0.1, -0.05) is 39.0 Å². The second-order valence-electron chi connectivity index (χ2n) is 15.9. The van der Waals surface area contributed by atoms with Gasteiger partial charge in [-0.3, -0.25) is 9.59 Å². The van der Waals surface area contributed by atoms with Crippen molar-refractivity contribution in [1.29, 1.82) is 0 Å². The summed E-state index contributed by atoms with van der Waals surface area (Å²) >= 11 is 0. The highest BCUT2D eigenvalue weighted by Gasteiger charge is 2.43.